The number of carbonyl (C=O) groups is 2. The molecule has 0 saturated heterocycles. The predicted molar refractivity (Wildman–Crippen MR) is 114 cm³/mol. The highest BCUT2D eigenvalue weighted by molar-refractivity contribution is 6.02. The molecule has 30 heavy (non-hydrogen) atoms. The molecule has 2 aliphatic rings. The third kappa shape index (κ3) is 3.75. The van der Waals surface area contributed by atoms with Crippen molar-refractivity contribution in [3.63, 3.8) is 0 Å². The summed E-state index contributed by atoms with van der Waals surface area (Å²) < 4.78 is 12.9. The SMILES string of the molecule is CCOCCCN1C(=O)c2cc3occc3n2C[C@]1(C)C(=O)NC1CCC(C)CC1. The first-order valence-electron chi connectivity index (χ1n) is 11.2. The smallest absolute Gasteiger partial charge is 0.271 e. The zero-order valence-corrected chi connectivity index (χ0v) is 18.3. The minimum absolute atomic E-state index is 0.0668. The topological polar surface area (TPSA) is 76.7 Å². The second-order valence-electron chi connectivity index (χ2n) is 9.00. The van der Waals surface area contributed by atoms with Crippen LogP contribution in [0.25, 0.3) is 11.1 Å². The second kappa shape index (κ2) is 8.46. The molecule has 164 valence electrons. The fraction of sp³-hybridized carbons (Fsp3) is 0.652. The maximum atomic E-state index is 13.5. The number of nitrogens with zero attached hydrogens (tertiary/aromatic N) is 2. The van der Waals surface area contributed by atoms with Gasteiger partial charge in [-0.05, 0) is 51.9 Å². The Morgan fingerprint density at radius 2 is 2.10 bits per heavy atom. The molecule has 4 rings (SSSR count). The van der Waals surface area contributed by atoms with Crippen LogP contribution in [0.15, 0.2) is 22.8 Å². The molecular weight excluding hydrogens is 382 g/mol. The van der Waals surface area contributed by atoms with Crippen LogP contribution in [-0.4, -0.2) is 52.6 Å². The van der Waals surface area contributed by atoms with E-state index in [4.69, 9.17) is 9.15 Å². The Morgan fingerprint density at radius 1 is 1.33 bits per heavy atom. The van der Waals surface area contributed by atoms with Crippen molar-refractivity contribution in [1.29, 1.82) is 0 Å². The van der Waals surface area contributed by atoms with Gasteiger partial charge in [-0.15, -0.1) is 0 Å². The van der Waals surface area contributed by atoms with E-state index in [1.807, 2.05) is 24.5 Å². The van der Waals surface area contributed by atoms with Crippen molar-refractivity contribution in [2.45, 2.75) is 71.0 Å². The molecule has 3 heterocycles. The minimum atomic E-state index is -0.956. The molecule has 2 aromatic rings. The number of fused-ring (bicyclic) bond motifs is 3. The molecule has 1 aliphatic heterocycles. The van der Waals surface area contributed by atoms with Crippen molar-refractivity contribution >= 4 is 22.9 Å². The third-order valence-electron chi connectivity index (χ3n) is 6.76. The van der Waals surface area contributed by atoms with Gasteiger partial charge in [-0.25, -0.2) is 0 Å². The number of furan rings is 1. The first-order chi connectivity index (χ1) is 14.4. The Labute approximate surface area is 177 Å². The summed E-state index contributed by atoms with van der Waals surface area (Å²) in [5.41, 5.74) is 1.16. The van der Waals surface area contributed by atoms with E-state index in [9.17, 15) is 9.59 Å². The molecular formula is C23H33N3O4. The van der Waals surface area contributed by atoms with Crippen molar-refractivity contribution in [3.05, 3.63) is 24.1 Å². The summed E-state index contributed by atoms with van der Waals surface area (Å²) in [5.74, 6) is 0.527. The normalized spacial score (nSPS) is 26.8. The highest BCUT2D eigenvalue weighted by Crippen LogP contribution is 2.33. The van der Waals surface area contributed by atoms with Crippen LogP contribution in [0.2, 0.25) is 0 Å². The van der Waals surface area contributed by atoms with E-state index in [1.54, 1.807) is 17.2 Å². The summed E-state index contributed by atoms with van der Waals surface area (Å²) >= 11 is 0. The van der Waals surface area contributed by atoms with Crippen LogP contribution in [0, 0.1) is 5.92 Å². The van der Waals surface area contributed by atoms with Gasteiger partial charge in [-0.3, -0.25) is 9.59 Å². The maximum absolute atomic E-state index is 13.5. The monoisotopic (exact) mass is 415 g/mol. The van der Waals surface area contributed by atoms with Gasteiger partial charge in [0.05, 0.1) is 18.3 Å². The minimum Gasteiger partial charge on any atom is -0.463 e. The lowest BCUT2D eigenvalue weighted by atomic mass is 9.86. The van der Waals surface area contributed by atoms with Crippen molar-refractivity contribution in [3.8, 4) is 0 Å². The van der Waals surface area contributed by atoms with Gasteiger partial charge in [-0.1, -0.05) is 6.92 Å². The molecule has 0 unspecified atom stereocenters. The largest absolute Gasteiger partial charge is 0.463 e. The number of amides is 2. The van der Waals surface area contributed by atoms with Crippen LogP contribution in [0.4, 0.5) is 0 Å². The Kier molecular flexibility index (Phi) is 5.91. The molecule has 7 nitrogen and oxygen atoms in total. The van der Waals surface area contributed by atoms with Crippen LogP contribution in [0.5, 0.6) is 0 Å². The average Bonchev–Trinajstić information content (AvgIpc) is 3.31. The van der Waals surface area contributed by atoms with Gasteiger partial charge in [0.25, 0.3) is 5.91 Å². The molecule has 1 N–H and O–H groups in total. The Balaban J connectivity index is 1.60. The molecule has 2 amide bonds. The third-order valence-corrected chi connectivity index (χ3v) is 6.76. The molecule has 0 aromatic carbocycles. The number of rotatable bonds is 7. The fourth-order valence-electron chi connectivity index (χ4n) is 4.84. The Hall–Kier alpha value is -2.28. The summed E-state index contributed by atoms with van der Waals surface area (Å²) in [4.78, 5) is 28.7. The standard InChI is InChI=1S/C23H33N3O4/c1-4-29-12-5-11-26-21(27)19-14-20-18(10-13-30-20)25(19)15-23(26,3)22(28)24-17-8-6-16(2)7-9-17/h10,13-14,16-17H,4-9,11-12,15H2,1-3H3,(H,24,28)/t16?,17?,23-/m1/s1. The Morgan fingerprint density at radius 3 is 2.83 bits per heavy atom. The number of carbonyl (C=O) groups excluding carboxylic acids is 2. The number of ether oxygens (including phenoxy) is 1. The summed E-state index contributed by atoms with van der Waals surface area (Å²) in [6.07, 6.45) is 6.59. The van der Waals surface area contributed by atoms with Crippen molar-refractivity contribution < 1.29 is 18.7 Å². The molecule has 1 saturated carbocycles. The lowest BCUT2D eigenvalue weighted by molar-refractivity contribution is -0.134. The van der Waals surface area contributed by atoms with E-state index >= 15 is 0 Å². The quantitative estimate of drug-likeness (QED) is 0.702. The number of hydrogen-bond acceptors (Lipinski definition) is 4. The lowest BCUT2D eigenvalue weighted by Gasteiger charge is -2.45. The first-order valence-corrected chi connectivity index (χ1v) is 11.2. The molecule has 1 atom stereocenters. The van der Waals surface area contributed by atoms with E-state index < -0.39 is 5.54 Å². The van der Waals surface area contributed by atoms with Gasteiger partial charge >= 0.3 is 0 Å². The van der Waals surface area contributed by atoms with Crippen molar-refractivity contribution in [2.75, 3.05) is 19.8 Å². The van der Waals surface area contributed by atoms with Gasteiger partial charge in [0.1, 0.15) is 11.2 Å². The van der Waals surface area contributed by atoms with Crippen LogP contribution < -0.4 is 5.32 Å². The average molecular weight is 416 g/mol. The number of nitrogens with one attached hydrogen (secondary N) is 1. The fourth-order valence-corrected chi connectivity index (χ4v) is 4.84. The number of aromatic nitrogens is 1. The Bertz CT molecular complexity index is 909. The van der Waals surface area contributed by atoms with E-state index in [1.165, 1.54) is 0 Å². The van der Waals surface area contributed by atoms with E-state index in [-0.39, 0.29) is 17.9 Å². The highest BCUT2D eigenvalue weighted by Gasteiger charge is 2.48. The molecule has 7 heteroatoms. The van der Waals surface area contributed by atoms with Crippen LogP contribution in [0.3, 0.4) is 0 Å². The molecule has 1 fully saturated rings. The molecule has 1 aliphatic carbocycles. The van der Waals surface area contributed by atoms with Gasteiger partial charge in [0.2, 0.25) is 5.91 Å². The maximum Gasteiger partial charge on any atom is 0.271 e. The van der Waals surface area contributed by atoms with Gasteiger partial charge in [0, 0.05) is 37.9 Å². The highest BCUT2D eigenvalue weighted by atomic mass is 16.5. The predicted octanol–water partition coefficient (Wildman–Crippen LogP) is 3.57. The van der Waals surface area contributed by atoms with Gasteiger partial charge < -0.3 is 23.9 Å². The van der Waals surface area contributed by atoms with Crippen molar-refractivity contribution in [2.24, 2.45) is 5.92 Å². The summed E-state index contributed by atoms with van der Waals surface area (Å²) in [7, 11) is 0. The zero-order valence-electron chi connectivity index (χ0n) is 18.3. The van der Waals surface area contributed by atoms with Crippen LogP contribution in [0.1, 0.15) is 63.4 Å². The van der Waals surface area contributed by atoms with Crippen molar-refractivity contribution in [1.82, 2.24) is 14.8 Å². The summed E-state index contributed by atoms with van der Waals surface area (Å²) in [5, 5.41) is 3.27. The summed E-state index contributed by atoms with van der Waals surface area (Å²) in [6.45, 7) is 8.23. The van der Waals surface area contributed by atoms with Gasteiger partial charge in [0.15, 0.2) is 5.58 Å². The molecule has 0 radical (unpaired) electrons. The van der Waals surface area contributed by atoms with E-state index in [2.05, 4.69) is 12.2 Å². The molecule has 0 spiro atoms. The van der Waals surface area contributed by atoms with E-state index in [0.717, 1.165) is 37.1 Å². The summed E-state index contributed by atoms with van der Waals surface area (Å²) in [6, 6.07) is 3.83. The lowest BCUT2D eigenvalue weighted by Crippen LogP contribution is -2.65. The zero-order chi connectivity index (χ0) is 21.3. The second-order valence-corrected chi connectivity index (χ2v) is 9.00. The number of hydrogen-bond donors (Lipinski definition) is 1. The van der Waals surface area contributed by atoms with Crippen LogP contribution in [-0.2, 0) is 16.1 Å². The van der Waals surface area contributed by atoms with Gasteiger partial charge in [-0.2, -0.15) is 0 Å². The first kappa shape index (κ1) is 21.0. The molecule has 2 aromatic heterocycles. The van der Waals surface area contributed by atoms with Crippen LogP contribution >= 0.6 is 0 Å². The van der Waals surface area contributed by atoms with E-state index in [0.29, 0.717) is 44.0 Å². The molecule has 0 bridgehead atoms.